The highest BCUT2D eigenvalue weighted by atomic mass is 31.2. The summed E-state index contributed by atoms with van der Waals surface area (Å²) >= 11 is 0. The van der Waals surface area contributed by atoms with Crippen LogP contribution in [0.25, 0.3) is 0 Å². The van der Waals surface area contributed by atoms with Crippen molar-refractivity contribution in [3.63, 3.8) is 0 Å². The summed E-state index contributed by atoms with van der Waals surface area (Å²) in [5, 5.41) is 21.7. The number of ether oxygens (including phenoxy) is 1. The summed E-state index contributed by atoms with van der Waals surface area (Å²) in [6, 6.07) is 7.91. The number of rotatable bonds is 9. The van der Waals surface area contributed by atoms with Crippen molar-refractivity contribution in [1.29, 1.82) is 0 Å². The Kier molecular flexibility index (Phi) is 7.08. The molecule has 1 aromatic carbocycles. The Hall–Kier alpha value is -2.76. The number of aliphatic carboxylic acids is 1. The number of para-hydroxylation sites is 1. The number of carboxylic acids is 1. The quantitative estimate of drug-likeness (QED) is 0.390. The van der Waals surface area contributed by atoms with Crippen molar-refractivity contribution in [2.45, 2.75) is 37.8 Å². The lowest BCUT2D eigenvalue weighted by Crippen LogP contribution is -2.35. The molecule has 2 aromatic rings. The number of carboxylic acid groups (broad SMARTS) is 1. The van der Waals surface area contributed by atoms with E-state index >= 15 is 0 Å². The minimum Gasteiger partial charge on any atom is -0.480 e. The van der Waals surface area contributed by atoms with Gasteiger partial charge >= 0.3 is 19.4 Å². The zero-order valence-corrected chi connectivity index (χ0v) is 17.3. The minimum absolute atomic E-state index is 0.0166. The molecule has 13 heteroatoms. The van der Waals surface area contributed by atoms with E-state index < -0.39 is 56.0 Å². The molecule has 2 heterocycles. The first kappa shape index (κ1) is 22.9. The second-order valence-corrected chi connectivity index (χ2v) is 8.53. The lowest BCUT2D eigenvalue weighted by atomic mass is 10.2. The predicted molar refractivity (Wildman–Crippen MR) is 107 cm³/mol. The molecule has 0 saturated carbocycles. The zero-order valence-electron chi connectivity index (χ0n) is 16.4. The molecule has 1 unspecified atom stereocenters. The minimum atomic E-state index is -4.18. The SMILES string of the molecule is C[C@H](NP(=O)(OC[C@@H]1O[C@H](n2ccc(=O)[nH]c2=O)C[C@H]1O)Oc1ccccc1)C(=O)O. The second-order valence-electron chi connectivity index (χ2n) is 6.84. The number of aromatic amines is 1. The molecular weight excluding hydrogens is 433 g/mol. The molecule has 3 rings (SSSR count). The molecule has 12 nitrogen and oxygen atoms in total. The summed E-state index contributed by atoms with van der Waals surface area (Å²) < 4.78 is 30.6. The Morgan fingerprint density at radius 1 is 1.35 bits per heavy atom. The monoisotopic (exact) mass is 455 g/mol. The molecule has 1 aliphatic rings. The topological polar surface area (TPSA) is 169 Å². The number of aliphatic hydroxyl groups excluding tert-OH is 1. The third-order valence-corrected chi connectivity index (χ3v) is 6.11. The summed E-state index contributed by atoms with van der Waals surface area (Å²) in [6.07, 6.45) is -1.69. The van der Waals surface area contributed by atoms with Gasteiger partial charge in [0.15, 0.2) is 0 Å². The molecule has 0 aliphatic carbocycles. The van der Waals surface area contributed by atoms with Crippen LogP contribution in [-0.4, -0.2) is 50.6 Å². The van der Waals surface area contributed by atoms with Crippen molar-refractivity contribution in [1.82, 2.24) is 14.6 Å². The number of benzene rings is 1. The number of hydrogen-bond acceptors (Lipinski definition) is 8. The first-order chi connectivity index (χ1) is 14.7. The molecule has 1 aromatic heterocycles. The van der Waals surface area contributed by atoms with Gasteiger partial charge in [-0.15, -0.1) is 0 Å². The number of nitrogens with one attached hydrogen (secondary N) is 2. The van der Waals surface area contributed by atoms with Crippen LogP contribution in [0, 0.1) is 0 Å². The first-order valence-electron chi connectivity index (χ1n) is 9.32. The highest BCUT2D eigenvalue weighted by molar-refractivity contribution is 7.52. The lowest BCUT2D eigenvalue weighted by Gasteiger charge is -2.24. The van der Waals surface area contributed by atoms with Gasteiger partial charge in [-0.25, -0.2) is 9.36 Å². The van der Waals surface area contributed by atoms with E-state index in [1.165, 1.54) is 25.3 Å². The molecule has 1 saturated heterocycles. The van der Waals surface area contributed by atoms with E-state index in [1.807, 2.05) is 0 Å². The average molecular weight is 455 g/mol. The van der Waals surface area contributed by atoms with Gasteiger partial charge < -0.3 is 19.5 Å². The van der Waals surface area contributed by atoms with Gasteiger partial charge in [0.1, 0.15) is 24.1 Å². The third-order valence-electron chi connectivity index (χ3n) is 4.47. The number of nitrogens with zero attached hydrogens (tertiary/aromatic N) is 1. The Bertz CT molecular complexity index is 1070. The van der Waals surface area contributed by atoms with Crippen LogP contribution >= 0.6 is 7.75 Å². The molecule has 0 amide bonds. The normalized spacial score (nSPS) is 23.7. The standard InChI is InChI=1S/C18H22N3O9P/c1-11(17(24)25)20-31(27,30-12-5-3-2-4-6-12)28-10-14-13(22)9-16(29-14)21-8-7-15(23)19-18(21)26/h2-8,11,13-14,16,22H,9-10H2,1H3,(H,20,27)(H,24,25)(H,19,23,26)/t11-,13+,14-,16-,31?/m0/s1. The van der Waals surface area contributed by atoms with E-state index in [9.17, 15) is 24.1 Å². The van der Waals surface area contributed by atoms with E-state index in [2.05, 4.69) is 10.1 Å². The largest absolute Gasteiger partial charge is 0.480 e. The number of carbonyl (C=O) groups is 1. The van der Waals surface area contributed by atoms with E-state index in [-0.39, 0.29) is 12.2 Å². The van der Waals surface area contributed by atoms with Crippen LogP contribution < -0.4 is 20.9 Å². The van der Waals surface area contributed by atoms with Crippen LogP contribution in [0.5, 0.6) is 5.75 Å². The van der Waals surface area contributed by atoms with Gasteiger partial charge in [0.2, 0.25) is 0 Å². The summed E-state index contributed by atoms with van der Waals surface area (Å²) in [4.78, 5) is 36.4. The molecule has 0 bridgehead atoms. The highest BCUT2D eigenvalue weighted by Crippen LogP contribution is 2.45. The van der Waals surface area contributed by atoms with E-state index in [4.69, 9.17) is 18.9 Å². The highest BCUT2D eigenvalue weighted by Gasteiger charge is 2.39. The van der Waals surface area contributed by atoms with Gasteiger partial charge in [0, 0.05) is 18.7 Å². The summed E-state index contributed by atoms with van der Waals surface area (Å²) in [5.74, 6) is -1.09. The Morgan fingerprint density at radius 2 is 2.06 bits per heavy atom. The summed E-state index contributed by atoms with van der Waals surface area (Å²) in [7, 11) is -4.18. The van der Waals surface area contributed by atoms with Gasteiger partial charge in [-0.3, -0.25) is 23.7 Å². The molecule has 5 atom stereocenters. The van der Waals surface area contributed by atoms with Crippen LogP contribution in [0.1, 0.15) is 19.6 Å². The lowest BCUT2D eigenvalue weighted by molar-refractivity contribution is -0.138. The maximum absolute atomic E-state index is 13.2. The Balaban J connectivity index is 1.71. The number of H-pyrrole nitrogens is 1. The Morgan fingerprint density at radius 3 is 2.71 bits per heavy atom. The van der Waals surface area contributed by atoms with Gasteiger partial charge in [-0.2, -0.15) is 5.09 Å². The maximum atomic E-state index is 13.2. The molecule has 1 fully saturated rings. The van der Waals surface area contributed by atoms with Gasteiger partial charge in [0.05, 0.1) is 12.7 Å². The molecular formula is C18H22N3O9P. The van der Waals surface area contributed by atoms with Crippen molar-refractivity contribution >= 4 is 13.7 Å². The fourth-order valence-corrected chi connectivity index (χ4v) is 4.37. The molecule has 31 heavy (non-hydrogen) atoms. The summed E-state index contributed by atoms with van der Waals surface area (Å²) in [6.45, 7) is 0.853. The number of aliphatic hydroxyl groups is 1. The molecule has 168 valence electrons. The molecule has 4 N–H and O–H groups in total. The molecule has 1 aliphatic heterocycles. The third kappa shape index (κ3) is 5.90. The van der Waals surface area contributed by atoms with Gasteiger partial charge in [-0.05, 0) is 19.1 Å². The zero-order chi connectivity index (χ0) is 22.6. The van der Waals surface area contributed by atoms with Crippen LogP contribution in [-0.2, 0) is 18.6 Å². The van der Waals surface area contributed by atoms with Gasteiger partial charge in [0.25, 0.3) is 5.56 Å². The number of hydrogen-bond donors (Lipinski definition) is 4. The van der Waals surface area contributed by atoms with Crippen LogP contribution in [0.2, 0.25) is 0 Å². The maximum Gasteiger partial charge on any atom is 0.459 e. The van der Waals surface area contributed by atoms with Crippen molar-refractivity contribution in [2.75, 3.05) is 6.61 Å². The van der Waals surface area contributed by atoms with Crippen LogP contribution in [0.4, 0.5) is 0 Å². The van der Waals surface area contributed by atoms with Gasteiger partial charge in [-0.1, -0.05) is 18.2 Å². The fourth-order valence-electron chi connectivity index (χ4n) is 2.86. The first-order valence-corrected chi connectivity index (χ1v) is 10.9. The van der Waals surface area contributed by atoms with Crippen molar-refractivity contribution in [3.8, 4) is 5.75 Å². The van der Waals surface area contributed by atoms with Crippen molar-refractivity contribution in [2.24, 2.45) is 0 Å². The molecule has 0 spiro atoms. The fraction of sp³-hybridized carbons (Fsp3) is 0.389. The predicted octanol–water partition coefficient (Wildman–Crippen LogP) is 0.451. The van der Waals surface area contributed by atoms with E-state index in [0.717, 1.165) is 10.6 Å². The average Bonchev–Trinajstić information content (AvgIpc) is 3.07. The molecule has 0 radical (unpaired) electrons. The van der Waals surface area contributed by atoms with E-state index in [1.54, 1.807) is 18.2 Å². The van der Waals surface area contributed by atoms with E-state index in [0.29, 0.717) is 0 Å². The Labute approximate surface area is 176 Å². The summed E-state index contributed by atoms with van der Waals surface area (Å²) in [5.41, 5.74) is -1.28. The number of aromatic nitrogens is 2. The van der Waals surface area contributed by atoms with Crippen molar-refractivity contribution in [3.05, 3.63) is 63.4 Å². The smallest absolute Gasteiger partial charge is 0.459 e. The van der Waals surface area contributed by atoms with Crippen LogP contribution in [0.3, 0.4) is 0 Å². The van der Waals surface area contributed by atoms with Crippen molar-refractivity contribution < 1.29 is 33.4 Å². The van der Waals surface area contributed by atoms with Crippen LogP contribution in [0.15, 0.2) is 52.2 Å². The second kappa shape index (κ2) is 9.58.